The van der Waals surface area contributed by atoms with Crippen molar-refractivity contribution < 1.29 is 14.8 Å². The molecule has 1 aromatic heterocycles. The molecule has 0 unspecified atom stereocenters. The van der Waals surface area contributed by atoms with Crippen molar-refractivity contribution in [1.82, 2.24) is 15.0 Å². The normalized spacial score (nSPS) is 13.4. The first-order chi connectivity index (χ1) is 18.6. The van der Waals surface area contributed by atoms with E-state index in [1.165, 1.54) is 24.4 Å². The van der Waals surface area contributed by atoms with Crippen LogP contribution in [0.5, 0.6) is 5.75 Å². The van der Waals surface area contributed by atoms with Crippen LogP contribution in [0, 0.1) is 10.1 Å². The number of hydrogen-bond acceptors (Lipinski definition) is 11. The molecule has 1 aliphatic rings. The highest BCUT2D eigenvalue weighted by Crippen LogP contribution is 2.33. The van der Waals surface area contributed by atoms with Gasteiger partial charge in [-0.1, -0.05) is 36.4 Å². The highest BCUT2D eigenvalue weighted by molar-refractivity contribution is 5.85. The number of benzene rings is 3. The molecule has 0 saturated carbocycles. The Bertz CT molecular complexity index is 1390. The summed E-state index contributed by atoms with van der Waals surface area (Å²) in [5, 5.41) is 25.3. The summed E-state index contributed by atoms with van der Waals surface area (Å²) >= 11 is 0. The summed E-state index contributed by atoms with van der Waals surface area (Å²) in [7, 11) is 0. The minimum atomic E-state index is -0.543. The molecule has 2 N–H and O–H groups in total. The van der Waals surface area contributed by atoms with Gasteiger partial charge in [0.15, 0.2) is 0 Å². The van der Waals surface area contributed by atoms with Crippen molar-refractivity contribution in [3.05, 3.63) is 94.5 Å². The first kappa shape index (κ1) is 24.6. The SMILES string of the molecule is O=[N+]([O-])c1ccc(O)c(/C=N/Nc2nc(N3CCOCC3)nc(N(c3ccccc3)c3ccccc3)n2)c1. The Kier molecular flexibility index (Phi) is 7.32. The van der Waals surface area contributed by atoms with Gasteiger partial charge in [-0.25, -0.2) is 5.43 Å². The Hall–Kier alpha value is -5.10. The van der Waals surface area contributed by atoms with E-state index in [1.54, 1.807) is 0 Å². The van der Waals surface area contributed by atoms with Crippen LogP contribution in [0.15, 0.2) is 84.0 Å². The van der Waals surface area contributed by atoms with Gasteiger partial charge < -0.3 is 14.7 Å². The average molecular weight is 513 g/mol. The van der Waals surface area contributed by atoms with Gasteiger partial charge in [-0.05, 0) is 30.3 Å². The first-order valence-electron chi connectivity index (χ1n) is 11.8. The van der Waals surface area contributed by atoms with Crippen LogP contribution < -0.4 is 15.2 Å². The quantitative estimate of drug-likeness (QED) is 0.200. The summed E-state index contributed by atoms with van der Waals surface area (Å²) in [5.41, 5.74) is 4.51. The van der Waals surface area contributed by atoms with Crippen LogP contribution in [-0.2, 0) is 4.74 Å². The van der Waals surface area contributed by atoms with Gasteiger partial charge in [0.25, 0.3) is 5.69 Å². The molecule has 0 radical (unpaired) electrons. The monoisotopic (exact) mass is 512 g/mol. The Labute approximate surface area is 218 Å². The minimum absolute atomic E-state index is 0.147. The van der Waals surface area contributed by atoms with Crippen molar-refractivity contribution in [2.75, 3.05) is 41.5 Å². The number of nitrogens with zero attached hydrogens (tertiary/aromatic N) is 7. The number of rotatable bonds is 8. The lowest BCUT2D eigenvalue weighted by molar-refractivity contribution is -0.384. The summed E-state index contributed by atoms with van der Waals surface area (Å²) in [5.74, 6) is 0.834. The van der Waals surface area contributed by atoms with Crippen molar-refractivity contribution in [2.24, 2.45) is 5.10 Å². The zero-order valence-electron chi connectivity index (χ0n) is 20.2. The second-order valence-electron chi connectivity index (χ2n) is 8.24. The third-order valence-corrected chi connectivity index (χ3v) is 5.72. The zero-order valence-corrected chi connectivity index (χ0v) is 20.2. The zero-order chi connectivity index (χ0) is 26.3. The number of hydrogen-bond donors (Lipinski definition) is 2. The Morgan fingerprint density at radius 1 is 0.974 bits per heavy atom. The molecule has 4 aromatic rings. The molecule has 192 valence electrons. The number of phenolic OH excluding ortho intramolecular Hbond substituents is 1. The molecule has 0 atom stereocenters. The number of nitro groups is 1. The second kappa shape index (κ2) is 11.3. The van der Waals surface area contributed by atoms with E-state index < -0.39 is 4.92 Å². The van der Waals surface area contributed by atoms with E-state index in [0.29, 0.717) is 38.2 Å². The van der Waals surface area contributed by atoms with Crippen LogP contribution >= 0.6 is 0 Å². The molecular formula is C26H24N8O4. The first-order valence-corrected chi connectivity index (χ1v) is 11.8. The lowest BCUT2D eigenvalue weighted by Gasteiger charge is -2.28. The number of ether oxygens (including phenoxy) is 1. The molecule has 5 rings (SSSR count). The molecule has 1 aliphatic heterocycles. The summed E-state index contributed by atoms with van der Waals surface area (Å²) in [4.78, 5) is 28.4. The standard InChI is InChI=1S/C26H24N8O4/c35-23-12-11-22(34(36)37)17-19(23)18-27-31-24-28-25(32-13-15-38-16-14-32)30-26(29-24)33(20-7-3-1-4-8-20)21-9-5-2-6-10-21/h1-12,17-18,35H,13-16H2,(H,28,29,30,31)/b27-18+. The number of aromatic nitrogens is 3. The molecule has 0 spiro atoms. The second-order valence-corrected chi connectivity index (χ2v) is 8.24. The van der Waals surface area contributed by atoms with E-state index in [4.69, 9.17) is 9.72 Å². The highest BCUT2D eigenvalue weighted by atomic mass is 16.6. The number of anilines is 5. The van der Waals surface area contributed by atoms with Crippen molar-refractivity contribution in [1.29, 1.82) is 0 Å². The van der Waals surface area contributed by atoms with E-state index in [-0.39, 0.29) is 22.9 Å². The van der Waals surface area contributed by atoms with Gasteiger partial charge in [0, 0.05) is 42.2 Å². The maximum atomic E-state index is 11.1. The minimum Gasteiger partial charge on any atom is -0.507 e. The number of para-hydroxylation sites is 2. The number of nitro benzene ring substituents is 1. The van der Waals surface area contributed by atoms with Crippen molar-refractivity contribution in [2.45, 2.75) is 0 Å². The number of non-ortho nitro benzene ring substituents is 1. The maximum absolute atomic E-state index is 11.1. The third-order valence-electron chi connectivity index (χ3n) is 5.72. The van der Waals surface area contributed by atoms with Crippen LogP contribution in [0.25, 0.3) is 0 Å². The Balaban J connectivity index is 1.53. The van der Waals surface area contributed by atoms with Crippen LogP contribution in [0.1, 0.15) is 5.56 Å². The molecule has 12 heteroatoms. The van der Waals surface area contributed by atoms with Crippen molar-refractivity contribution >= 4 is 41.1 Å². The van der Waals surface area contributed by atoms with E-state index in [9.17, 15) is 15.2 Å². The number of phenols is 1. The van der Waals surface area contributed by atoms with E-state index in [1.807, 2.05) is 70.5 Å². The molecule has 12 nitrogen and oxygen atoms in total. The predicted molar refractivity (Wildman–Crippen MR) is 144 cm³/mol. The van der Waals surface area contributed by atoms with Gasteiger partial charge in [-0.15, -0.1) is 0 Å². The van der Waals surface area contributed by atoms with Gasteiger partial charge in [0.2, 0.25) is 17.8 Å². The fraction of sp³-hybridized carbons (Fsp3) is 0.154. The van der Waals surface area contributed by atoms with Gasteiger partial charge >= 0.3 is 0 Å². The van der Waals surface area contributed by atoms with Gasteiger partial charge in [0.1, 0.15) is 5.75 Å². The predicted octanol–water partition coefficient (Wildman–Crippen LogP) is 4.24. The molecule has 2 heterocycles. The van der Waals surface area contributed by atoms with Crippen LogP contribution in [-0.4, -0.2) is 57.5 Å². The summed E-state index contributed by atoms with van der Waals surface area (Å²) in [6.45, 7) is 2.33. The molecule has 1 saturated heterocycles. The molecule has 0 amide bonds. The molecule has 38 heavy (non-hydrogen) atoms. The fourth-order valence-corrected chi connectivity index (χ4v) is 3.86. The summed E-state index contributed by atoms with van der Waals surface area (Å²) in [6.07, 6.45) is 1.27. The Morgan fingerprint density at radius 2 is 1.63 bits per heavy atom. The molecule has 0 aliphatic carbocycles. The molecular weight excluding hydrogens is 488 g/mol. The smallest absolute Gasteiger partial charge is 0.270 e. The number of nitrogens with one attached hydrogen (secondary N) is 1. The highest BCUT2D eigenvalue weighted by Gasteiger charge is 2.21. The van der Waals surface area contributed by atoms with Crippen LogP contribution in [0.3, 0.4) is 0 Å². The average Bonchev–Trinajstić information content (AvgIpc) is 2.96. The number of hydrazone groups is 1. The summed E-state index contributed by atoms with van der Waals surface area (Å²) in [6, 6.07) is 23.1. The van der Waals surface area contributed by atoms with Crippen LogP contribution in [0.2, 0.25) is 0 Å². The molecule has 3 aromatic carbocycles. The fourth-order valence-electron chi connectivity index (χ4n) is 3.86. The summed E-state index contributed by atoms with van der Waals surface area (Å²) < 4.78 is 5.49. The number of morpholine rings is 1. The third kappa shape index (κ3) is 5.65. The molecule has 0 bridgehead atoms. The van der Waals surface area contributed by atoms with E-state index in [2.05, 4.69) is 20.5 Å². The van der Waals surface area contributed by atoms with E-state index >= 15 is 0 Å². The van der Waals surface area contributed by atoms with Crippen molar-refractivity contribution in [3.63, 3.8) is 0 Å². The largest absolute Gasteiger partial charge is 0.507 e. The van der Waals surface area contributed by atoms with E-state index in [0.717, 1.165) is 11.4 Å². The van der Waals surface area contributed by atoms with Gasteiger partial charge in [0.05, 0.1) is 24.4 Å². The van der Waals surface area contributed by atoms with Crippen LogP contribution in [0.4, 0.5) is 34.9 Å². The lowest BCUT2D eigenvalue weighted by Crippen LogP contribution is -2.37. The lowest BCUT2D eigenvalue weighted by atomic mass is 10.2. The van der Waals surface area contributed by atoms with Gasteiger partial charge in [-0.3, -0.25) is 15.0 Å². The van der Waals surface area contributed by atoms with Crippen molar-refractivity contribution in [3.8, 4) is 5.75 Å². The molecule has 1 fully saturated rings. The number of aromatic hydroxyl groups is 1. The topological polar surface area (TPSA) is 142 Å². The maximum Gasteiger partial charge on any atom is 0.270 e. The Morgan fingerprint density at radius 3 is 2.26 bits per heavy atom. The van der Waals surface area contributed by atoms with Gasteiger partial charge in [-0.2, -0.15) is 20.1 Å².